The van der Waals surface area contributed by atoms with Crippen LogP contribution < -0.4 is 5.32 Å². The van der Waals surface area contributed by atoms with Gasteiger partial charge in [-0.15, -0.1) is 0 Å². The summed E-state index contributed by atoms with van der Waals surface area (Å²) in [4.78, 5) is 27.5. The van der Waals surface area contributed by atoms with Crippen LogP contribution in [0.2, 0.25) is 0 Å². The third-order valence-electron chi connectivity index (χ3n) is 5.78. The minimum Gasteiger partial charge on any atom is -0.353 e. The van der Waals surface area contributed by atoms with Crippen LogP contribution in [-0.2, 0) is 15.7 Å². The van der Waals surface area contributed by atoms with Crippen LogP contribution in [-0.4, -0.2) is 41.1 Å². The van der Waals surface area contributed by atoms with Crippen molar-refractivity contribution >= 4 is 11.8 Å². The summed E-state index contributed by atoms with van der Waals surface area (Å²) in [7, 11) is 0. The number of nitrogens with one attached hydrogen (secondary N) is 1. The maximum absolute atomic E-state index is 13.3. The molecule has 3 aliphatic rings. The average molecular weight is 396 g/mol. The van der Waals surface area contributed by atoms with Crippen molar-refractivity contribution in [2.75, 3.05) is 6.61 Å². The molecular formula is C20H23F3N2O3. The van der Waals surface area contributed by atoms with Crippen LogP contribution >= 0.6 is 0 Å². The van der Waals surface area contributed by atoms with E-state index in [2.05, 4.69) is 5.32 Å². The SMILES string of the molecule is O=C(NC1CC1)[C@@H]1COC2(CCCCC2)N1C(=O)c1cccc(C(F)(F)F)c1. The zero-order chi connectivity index (χ0) is 19.9. The Morgan fingerprint density at radius 3 is 2.50 bits per heavy atom. The van der Waals surface area contributed by atoms with Gasteiger partial charge in [0.15, 0.2) is 0 Å². The van der Waals surface area contributed by atoms with E-state index in [1.807, 2.05) is 0 Å². The minimum absolute atomic E-state index is 0.0727. The summed E-state index contributed by atoms with van der Waals surface area (Å²) in [5.74, 6) is -0.869. The van der Waals surface area contributed by atoms with Crippen LogP contribution in [0.25, 0.3) is 0 Å². The van der Waals surface area contributed by atoms with Crippen molar-refractivity contribution in [1.29, 1.82) is 0 Å². The lowest BCUT2D eigenvalue weighted by Crippen LogP contribution is -2.56. The first kappa shape index (κ1) is 19.2. The lowest BCUT2D eigenvalue weighted by atomic mass is 9.89. The topological polar surface area (TPSA) is 58.6 Å². The van der Waals surface area contributed by atoms with E-state index in [1.165, 1.54) is 17.0 Å². The molecular weight excluding hydrogens is 373 g/mol. The molecule has 1 aromatic rings. The molecule has 0 unspecified atom stereocenters. The second-order valence-electron chi connectivity index (χ2n) is 7.87. The number of amides is 2. The number of halogens is 3. The summed E-state index contributed by atoms with van der Waals surface area (Å²) in [5, 5.41) is 2.90. The maximum Gasteiger partial charge on any atom is 0.416 e. The van der Waals surface area contributed by atoms with Crippen molar-refractivity contribution in [1.82, 2.24) is 10.2 Å². The van der Waals surface area contributed by atoms with Gasteiger partial charge in [0, 0.05) is 11.6 Å². The fourth-order valence-corrected chi connectivity index (χ4v) is 4.16. The molecule has 1 spiro atoms. The monoisotopic (exact) mass is 396 g/mol. The molecule has 0 aromatic heterocycles. The van der Waals surface area contributed by atoms with Gasteiger partial charge >= 0.3 is 6.18 Å². The van der Waals surface area contributed by atoms with Gasteiger partial charge in [-0.2, -0.15) is 13.2 Å². The van der Waals surface area contributed by atoms with Crippen molar-refractivity contribution in [2.45, 2.75) is 68.9 Å². The Morgan fingerprint density at radius 1 is 1.14 bits per heavy atom. The number of nitrogens with zero attached hydrogens (tertiary/aromatic N) is 1. The van der Waals surface area contributed by atoms with Crippen molar-refractivity contribution in [3.63, 3.8) is 0 Å². The predicted octanol–water partition coefficient (Wildman–Crippen LogP) is 3.49. The van der Waals surface area contributed by atoms with Gasteiger partial charge in [-0.05, 0) is 56.7 Å². The quantitative estimate of drug-likeness (QED) is 0.851. The Hall–Kier alpha value is -2.09. The molecule has 1 aliphatic heterocycles. The van der Waals surface area contributed by atoms with Crippen LogP contribution in [0.15, 0.2) is 24.3 Å². The van der Waals surface area contributed by atoms with Crippen LogP contribution in [0.5, 0.6) is 0 Å². The third-order valence-corrected chi connectivity index (χ3v) is 5.78. The van der Waals surface area contributed by atoms with Crippen LogP contribution in [0.1, 0.15) is 60.9 Å². The van der Waals surface area contributed by atoms with Crippen LogP contribution in [0.4, 0.5) is 13.2 Å². The number of hydrogen-bond donors (Lipinski definition) is 1. The van der Waals surface area contributed by atoms with Gasteiger partial charge in [-0.1, -0.05) is 12.5 Å². The molecule has 0 radical (unpaired) electrons. The maximum atomic E-state index is 13.3. The van der Waals surface area contributed by atoms with E-state index in [1.54, 1.807) is 0 Å². The lowest BCUT2D eigenvalue weighted by molar-refractivity contribution is -0.137. The molecule has 8 heteroatoms. The molecule has 1 heterocycles. The first-order valence-electron chi connectivity index (χ1n) is 9.75. The zero-order valence-electron chi connectivity index (χ0n) is 15.4. The van der Waals surface area contributed by atoms with Gasteiger partial charge in [-0.25, -0.2) is 0 Å². The molecule has 1 N–H and O–H groups in total. The number of benzene rings is 1. The fourth-order valence-electron chi connectivity index (χ4n) is 4.16. The summed E-state index contributed by atoms with van der Waals surface area (Å²) >= 11 is 0. The third kappa shape index (κ3) is 3.62. The van der Waals surface area contributed by atoms with E-state index in [0.29, 0.717) is 12.8 Å². The van der Waals surface area contributed by atoms with E-state index >= 15 is 0 Å². The summed E-state index contributed by atoms with van der Waals surface area (Å²) in [5.41, 5.74) is -1.86. The molecule has 4 rings (SSSR count). The van der Waals surface area contributed by atoms with Crippen molar-refractivity contribution in [3.8, 4) is 0 Å². The predicted molar refractivity (Wildman–Crippen MR) is 94.3 cm³/mol. The molecule has 2 aliphatic carbocycles. The number of carbonyl (C=O) groups excluding carboxylic acids is 2. The van der Waals surface area contributed by atoms with Crippen molar-refractivity contribution < 1.29 is 27.5 Å². The fraction of sp³-hybridized carbons (Fsp3) is 0.600. The molecule has 2 saturated carbocycles. The van der Waals surface area contributed by atoms with Crippen LogP contribution in [0, 0.1) is 0 Å². The Labute approximate surface area is 161 Å². The van der Waals surface area contributed by atoms with E-state index in [9.17, 15) is 22.8 Å². The van der Waals surface area contributed by atoms with Gasteiger partial charge < -0.3 is 10.1 Å². The molecule has 1 saturated heterocycles. The Kier molecular flexibility index (Phi) is 4.85. The Morgan fingerprint density at radius 2 is 1.86 bits per heavy atom. The molecule has 0 bridgehead atoms. The van der Waals surface area contributed by atoms with Crippen LogP contribution in [0.3, 0.4) is 0 Å². The van der Waals surface area contributed by atoms with Crippen molar-refractivity contribution in [3.05, 3.63) is 35.4 Å². The summed E-state index contributed by atoms with van der Waals surface area (Å²) in [6.45, 7) is 0.0727. The van der Waals surface area contributed by atoms with Gasteiger partial charge in [-0.3, -0.25) is 14.5 Å². The first-order valence-corrected chi connectivity index (χ1v) is 9.75. The highest BCUT2D eigenvalue weighted by molar-refractivity contribution is 5.98. The van der Waals surface area contributed by atoms with Gasteiger partial charge in [0.1, 0.15) is 11.8 Å². The summed E-state index contributed by atoms with van der Waals surface area (Å²) in [6, 6.07) is 3.68. The minimum atomic E-state index is -4.54. The highest BCUT2D eigenvalue weighted by Gasteiger charge is 2.53. The molecule has 152 valence electrons. The summed E-state index contributed by atoms with van der Waals surface area (Å²) < 4.78 is 45.3. The molecule has 28 heavy (non-hydrogen) atoms. The number of hydrogen-bond acceptors (Lipinski definition) is 3. The standard InChI is InChI=1S/C20H23F3N2O3/c21-20(22,23)14-6-4-5-13(11-14)18(27)25-16(17(26)24-15-7-8-15)12-28-19(25)9-2-1-3-10-19/h4-6,11,15-16H,1-3,7-10,12H2,(H,24,26)/t16-/m0/s1. The first-order chi connectivity index (χ1) is 13.3. The van der Waals surface area contributed by atoms with E-state index in [0.717, 1.165) is 44.2 Å². The Balaban J connectivity index is 1.66. The van der Waals surface area contributed by atoms with E-state index in [4.69, 9.17) is 4.74 Å². The highest BCUT2D eigenvalue weighted by atomic mass is 19.4. The molecule has 2 amide bonds. The number of ether oxygens (including phenoxy) is 1. The van der Waals surface area contributed by atoms with E-state index < -0.39 is 29.4 Å². The zero-order valence-corrected chi connectivity index (χ0v) is 15.4. The molecule has 5 nitrogen and oxygen atoms in total. The highest BCUT2D eigenvalue weighted by Crippen LogP contribution is 2.42. The molecule has 3 fully saturated rings. The number of rotatable bonds is 3. The van der Waals surface area contributed by atoms with Gasteiger partial charge in [0.05, 0.1) is 12.2 Å². The second kappa shape index (κ2) is 7.06. The van der Waals surface area contributed by atoms with E-state index in [-0.39, 0.29) is 24.1 Å². The average Bonchev–Trinajstić information content (AvgIpc) is 3.41. The normalized spacial score (nSPS) is 24.4. The molecule has 1 aromatic carbocycles. The van der Waals surface area contributed by atoms with Crippen molar-refractivity contribution in [2.24, 2.45) is 0 Å². The molecule has 1 atom stereocenters. The van der Waals surface area contributed by atoms with Gasteiger partial charge in [0.25, 0.3) is 5.91 Å². The lowest BCUT2D eigenvalue weighted by Gasteiger charge is -2.41. The largest absolute Gasteiger partial charge is 0.416 e. The number of alkyl halides is 3. The number of carbonyl (C=O) groups is 2. The summed E-state index contributed by atoms with van der Waals surface area (Å²) in [6.07, 6.45) is 1.17. The smallest absolute Gasteiger partial charge is 0.353 e. The van der Waals surface area contributed by atoms with Gasteiger partial charge in [0.2, 0.25) is 5.91 Å². The Bertz CT molecular complexity index is 770. The second-order valence-corrected chi connectivity index (χ2v) is 7.87.